The van der Waals surface area contributed by atoms with Crippen LogP contribution in [0.15, 0.2) is 73.2 Å². The van der Waals surface area contributed by atoms with Gasteiger partial charge in [-0.2, -0.15) is 9.49 Å². The highest BCUT2D eigenvalue weighted by molar-refractivity contribution is 7.14. The molecule has 1 aliphatic heterocycles. The molecule has 0 aliphatic carbocycles. The maximum atomic E-state index is 13.7. The van der Waals surface area contributed by atoms with Gasteiger partial charge in [0.1, 0.15) is 0 Å². The van der Waals surface area contributed by atoms with E-state index < -0.39 is 0 Å². The summed E-state index contributed by atoms with van der Waals surface area (Å²) in [7, 11) is 0. The number of nitrogens with one attached hydrogen (secondary N) is 2. The van der Waals surface area contributed by atoms with Crippen molar-refractivity contribution in [3.8, 4) is 21.8 Å². The second kappa shape index (κ2) is 10.5. The van der Waals surface area contributed by atoms with E-state index in [0.717, 1.165) is 80.2 Å². The van der Waals surface area contributed by atoms with E-state index in [9.17, 15) is 4.39 Å². The maximum Gasteiger partial charge on any atom is 0.181 e. The van der Waals surface area contributed by atoms with E-state index in [2.05, 4.69) is 60.9 Å². The summed E-state index contributed by atoms with van der Waals surface area (Å²) in [5.74, 6) is 0. The molecule has 5 aromatic rings. The van der Waals surface area contributed by atoms with Gasteiger partial charge in [-0.3, -0.25) is 15.0 Å². The Morgan fingerprint density at radius 1 is 1.13 bits per heavy atom. The van der Waals surface area contributed by atoms with Gasteiger partial charge in [0.05, 0.1) is 23.1 Å². The van der Waals surface area contributed by atoms with E-state index >= 15 is 0 Å². The van der Waals surface area contributed by atoms with Crippen molar-refractivity contribution >= 4 is 38.8 Å². The van der Waals surface area contributed by atoms with Crippen LogP contribution in [0, 0.1) is 5.13 Å². The lowest BCUT2D eigenvalue weighted by atomic mass is 10.0. The fraction of sp³-hybridized carbons (Fsp3) is 0.233. The van der Waals surface area contributed by atoms with Gasteiger partial charge >= 0.3 is 0 Å². The van der Waals surface area contributed by atoms with Crippen LogP contribution in [0.3, 0.4) is 0 Å². The molecule has 0 atom stereocenters. The summed E-state index contributed by atoms with van der Waals surface area (Å²) in [6.45, 7) is 9.32. The predicted molar refractivity (Wildman–Crippen MR) is 154 cm³/mol. The minimum Gasteiger partial charge on any atom is -0.352 e. The third kappa shape index (κ3) is 4.73. The predicted octanol–water partition coefficient (Wildman–Crippen LogP) is 7.37. The van der Waals surface area contributed by atoms with Crippen molar-refractivity contribution in [3.05, 3.63) is 83.9 Å². The third-order valence-electron chi connectivity index (χ3n) is 7.17. The number of aromatic nitrogens is 5. The molecule has 192 valence electrons. The molecule has 1 saturated heterocycles. The molecule has 6 heterocycles. The van der Waals surface area contributed by atoms with Crippen LogP contribution in [0.5, 0.6) is 0 Å². The Balaban J connectivity index is 1.36. The minimum absolute atomic E-state index is 0.213. The van der Waals surface area contributed by atoms with Crippen LogP contribution in [0.1, 0.15) is 31.7 Å². The second-order valence-electron chi connectivity index (χ2n) is 9.63. The number of thiophene rings is 1. The lowest BCUT2D eigenvalue weighted by Gasteiger charge is -2.26. The van der Waals surface area contributed by atoms with E-state index in [-0.39, 0.29) is 5.13 Å². The van der Waals surface area contributed by atoms with Crippen LogP contribution in [-0.2, 0) is 0 Å². The topological polar surface area (TPSA) is 73.5 Å². The Bertz CT molecular complexity index is 1680. The summed E-state index contributed by atoms with van der Waals surface area (Å²) >= 11 is 1.12. The Kier molecular flexibility index (Phi) is 6.74. The maximum absolute atomic E-state index is 13.7. The molecular formula is C30H29FN6S. The first-order valence-electron chi connectivity index (χ1n) is 12.9. The largest absolute Gasteiger partial charge is 0.352 e. The van der Waals surface area contributed by atoms with Gasteiger partial charge in [0.25, 0.3) is 0 Å². The van der Waals surface area contributed by atoms with Gasteiger partial charge in [0, 0.05) is 45.7 Å². The Morgan fingerprint density at radius 3 is 2.76 bits per heavy atom. The number of hydrogen-bond acceptors (Lipinski definition) is 5. The quantitative estimate of drug-likeness (QED) is 0.218. The normalized spacial score (nSPS) is 15.5. The molecule has 1 aliphatic rings. The highest BCUT2D eigenvalue weighted by atomic mass is 32.1. The van der Waals surface area contributed by atoms with Crippen LogP contribution < -0.4 is 0 Å². The van der Waals surface area contributed by atoms with Crippen LogP contribution in [-0.4, -0.2) is 49.7 Å². The monoisotopic (exact) mass is 524 g/mol. The zero-order valence-electron chi connectivity index (χ0n) is 21.3. The average molecular weight is 525 g/mol. The van der Waals surface area contributed by atoms with Gasteiger partial charge in [-0.05, 0) is 68.3 Å². The number of piperidine rings is 1. The summed E-state index contributed by atoms with van der Waals surface area (Å²) in [6.07, 6.45) is 15.6. The number of pyridine rings is 2. The molecule has 8 heteroatoms. The Labute approximate surface area is 224 Å². The fourth-order valence-corrected chi connectivity index (χ4v) is 5.94. The molecule has 0 aromatic carbocycles. The average Bonchev–Trinajstić information content (AvgIpc) is 3.68. The van der Waals surface area contributed by atoms with E-state index in [1.165, 1.54) is 30.9 Å². The Morgan fingerprint density at radius 2 is 2.00 bits per heavy atom. The molecule has 1 fully saturated rings. The van der Waals surface area contributed by atoms with Crippen molar-refractivity contribution in [2.75, 3.05) is 19.6 Å². The fourth-order valence-electron chi connectivity index (χ4n) is 5.18. The molecule has 6 rings (SSSR count). The number of likely N-dealkylation sites (tertiary alicyclic amines) is 1. The van der Waals surface area contributed by atoms with Crippen molar-refractivity contribution in [3.63, 3.8) is 0 Å². The molecule has 0 amide bonds. The van der Waals surface area contributed by atoms with Crippen LogP contribution >= 0.6 is 11.3 Å². The number of fused-ring (bicyclic) bond motifs is 2. The number of allylic oxidation sites excluding steroid dienone is 3. The summed E-state index contributed by atoms with van der Waals surface area (Å²) in [5, 5.41) is 9.31. The summed E-state index contributed by atoms with van der Waals surface area (Å²) in [5.41, 5.74) is 7.48. The van der Waals surface area contributed by atoms with Crippen LogP contribution in [0.25, 0.3) is 49.3 Å². The van der Waals surface area contributed by atoms with Crippen LogP contribution in [0.2, 0.25) is 0 Å². The number of aromatic amines is 2. The highest BCUT2D eigenvalue weighted by Crippen LogP contribution is 2.36. The van der Waals surface area contributed by atoms with Crippen molar-refractivity contribution in [1.29, 1.82) is 0 Å². The summed E-state index contributed by atoms with van der Waals surface area (Å²) < 4.78 is 13.7. The summed E-state index contributed by atoms with van der Waals surface area (Å²) in [4.78, 5) is 15.8. The third-order valence-corrected chi connectivity index (χ3v) is 8.07. The van der Waals surface area contributed by atoms with E-state index in [1.54, 1.807) is 18.5 Å². The van der Waals surface area contributed by atoms with Crippen molar-refractivity contribution in [2.45, 2.75) is 26.2 Å². The van der Waals surface area contributed by atoms with Crippen molar-refractivity contribution < 1.29 is 4.39 Å². The molecule has 2 N–H and O–H groups in total. The van der Waals surface area contributed by atoms with Gasteiger partial charge in [0.2, 0.25) is 0 Å². The standard InChI is InChI=1S/C30H29FN6S/c1-3-19(18-37-10-6-5-7-11-37)12-20(4-2)21-13-23-29(35-36-30(23)33-15-21)25-14-22-24(16-32-17-26(22)34-25)27-8-9-28(31)38-27/h3-4,8-9,12-17,34H,1,5-7,10-11,18H2,2H3,(H,33,35,36)/b19-12+,20-4+. The first-order chi connectivity index (χ1) is 18.6. The lowest BCUT2D eigenvalue weighted by Crippen LogP contribution is -2.31. The Hall–Kier alpha value is -3.88. The molecule has 0 radical (unpaired) electrons. The smallest absolute Gasteiger partial charge is 0.181 e. The van der Waals surface area contributed by atoms with E-state index in [1.807, 2.05) is 19.2 Å². The van der Waals surface area contributed by atoms with E-state index in [4.69, 9.17) is 0 Å². The van der Waals surface area contributed by atoms with Gasteiger partial charge in [-0.1, -0.05) is 31.2 Å². The molecular weight excluding hydrogens is 495 g/mol. The van der Waals surface area contributed by atoms with Crippen molar-refractivity contribution in [2.24, 2.45) is 0 Å². The van der Waals surface area contributed by atoms with Gasteiger partial charge in [-0.15, -0.1) is 11.3 Å². The van der Waals surface area contributed by atoms with Crippen molar-refractivity contribution in [1.82, 2.24) is 30.0 Å². The number of H-pyrrole nitrogens is 2. The lowest BCUT2D eigenvalue weighted by molar-refractivity contribution is 0.248. The number of nitrogens with zero attached hydrogens (tertiary/aromatic N) is 4. The molecule has 0 saturated carbocycles. The number of rotatable bonds is 7. The van der Waals surface area contributed by atoms with Crippen LogP contribution in [0.4, 0.5) is 4.39 Å². The van der Waals surface area contributed by atoms with Gasteiger partial charge in [-0.25, -0.2) is 4.98 Å². The van der Waals surface area contributed by atoms with Gasteiger partial charge in [0.15, 0.2) is 10.8 Å². The van der Waals surface area contributed by atoms with E-state index in [0.29, 0.717) is 5.65 Å². The summed E-state index contributed by atoms with van der Waals surface area (Å²) in [6, 6.07) is 7.47. The first-order valence-corrected chi connectivity index (χ1v) is 13.7. The molecule has 5 aromatic heterocycles. The minimum atomic E-state index is -0.213. The molecule has 0 bridgehead atoms. The number of hydrogen-bond donors (Lipinski definition) is 2. The zero-order chi connectivity index (χ0) is 26.1. The molecule has 0 spiro atoms. The molecule has 0 unspecified atom stereocenters. The first kappa shape index (κ1) is 24.5. The second-order valence-corrected chi connectivity index (χ2v) is 10.7. The molecule has 6 nitrogen and oxygen atoms in total. The highest BCUT2D eigenvalue weighted by Gasteiger charge is 2.16. The molecule has 38 heavy (non-hydrogen) atoms. The SMILES string of the molecule is C=C/C(=C\C(=C/C)c1cnc2n[nH]c(-c3cc4c(-c5ccc(F)s5)cncc4[nH]3)c2c1)CN1CCCCC1. The number of halogens is 1. The zero-order valence-corrected chi connectivity index (χ0v) is 22.1. The van der Waals surface area contributed by atoms with Gasteiger partial charge < -0.3 is 4.98 Å².